The molecule has 0 aliphatic heterocycles. The van der Waals surface area contributed by atoms with Crippen molar-refractivity contribution in [1.82, 2.24) is 24.9 Å². The zero-order valence-electron chi connectivity index (χ0n) is 11.8. The molecule has 0 atom stereocenters. The molecule has 7 nitrogen and oxygen atoms in total. The summed E-state index contributed by atoms with van der Waals surface area (Å²) in [6.07, 6.45) is 4.81. The molecule has 9 heteroatoms. The number of rotatable bonds is 5. The predicted octanol–water partition coefficient (Wildman–Crippen LogP) is 1.56. The lowest BCUT2D eigenvalue weighted by Gasteiger charge is -2.30. The van der Waals surface area contributed by atoms with Gasteiger partial charge >= 0.3 is 0 Å². The molecule has 2 rings (SSSR count). The van der Waals surface area contributed by atoms with Gasteiger partial charge in [-0.3, -0.25) is 4.79 Å². The van der Waals surface area contributed by atoms with Gasteiger partial charge in [0.2, 0.25) is 5.82 Å². The van der Waals surface area contributed by atoms with Crippen LogP contribution in [0.5, 0.6) is 0 Å². The molecular weight excluding hydrogens is 360 g/mol. The van der Waals surface area contributed by atoms with E-state index < -0.39 is 5.54 Å². The van der Waals surface area contributed by atoms with E-state index in [9.17, 15) is 4.79 Å². The molecule has 0 unspecified atom stereocenters. The first-order valence-corrected chi connectivity index (χ1v) is 7.23. The molecule has 1 amide bonds. The molecule has 0 aromatic carbocycles. The number of fused-ring (bicyclic) bond motifs is 1. The molecule has 0 aliphatic carbocycles. The van der Waals surface area contributed by atoms with Crippen LogP contribution in [0.1, 0.15) is 37.3 Å². The minimum absolute atomic E-state index is 0. The lowest BCUT2D eigenvalue weighted by atomic mass is 9.93. The number of halogens is 2. The highest BCUT2D eigenvalue weighted by atomic mass is 79.9. The number of nitrogens with zero attached hydrogens (tertiary/aromatic N) is 4. The van der Waals surface area contributed by atoms with E-state index in [-0.39, 0.29) is 24.1 Å². The lowest BCUT2D eigenvalue weighted by Crippen LogP contribution is -2.53. The van der Waals surface area contributed by atoms with Crippen molar-refractivity contribution in [2.45, 2.75) is 32.2 Å². The van der Waals surface area contributed by atoms with Crippen molar-refractivity contribution in [3.63, 3.8) is 0 Å². The molecule has 0 saturated carbocycles. The summed E-state index contributed by atoms with van der Waals surface area (Å²) in [6, 6.07) is 0. The summed E-state index contributed by atoms with van der Waals surface area (Å²) in [4.78, 5) is 20.4. The molecule has 2 aromatic rings. The lowest BCUT2D eigenvalue weighted by molar-refractivity contribution is 0.0884. The maximum atomic E-state index is 12.2. The molecule has 21 heavy (non-hydrogen) atoms. The molecule has 0 radical (unpaired) electrons. The van der Waals surface area contributed by atoms with E-state index in [1.165, 1.54) is 4.52 Å². The van der Waals surface area contributed by atoms with E-state index >= 15 is 0 Å². The number of carbonyl (C=O) groups is 1. The maximum Gasteiger partial charge on any atom is 0.291 e. The first-order valence-electron chi connectivity index (χ1n) is 6.44. The third-order valence-electron chi connectivity index (χ3n) is 3.49. The zero-order chi connectivity index (χ0) is 14.8. The Balaban J connectivity index is 0.00000220. The second-order valence-electron chi connectivity index (χ2n) is 4.60. The van der Waals surface area contributed by atoms with E-state index in [0.717, 1.165) is 17.3 Å². The van der Waals surface area contributed by atoms with Crippen LogP contribution in [0.3, 0.4) is 0 Å². The zero-order valence-corrected chi connectivity index (χ0v) is 14.2. The van der Waals surface area contributed by atoms with Crippen molar-refractivity contribution in [3.05, 3.63) is 22.7 Å². The largest absolute Gasteiger partial charge is 0.343 e. The smallest absolute Gasteiger partial charge is 0.291 e. The molecule has 116 valence electrons. The second kappa shape index (κ2) is 7.15. The Morgan fingerprint density at radius 3 is 2.71 bits per heavy atom. The van der Waals surface area contributed by atoms with Crippen molar-refractivity contribution in [2.75, 3.05) is 6.54 Å². The van der Waals surface area contributed by atoms with Crippen molar-refractivity contribution < 1.29 is 4.79 Å². The Bertz CT molecular complexity index is 619. The summed E-state index contributed by atoms with van der Waals surface area (Å²) >= 11 is 3.29. The fourth-order valence-corrected chi connectivity index (χ4v) is 2.21. The molecule has 0 saturated heterocycles. The van der Waals surface area contributed by atoms with Crippen molar-refractivity contribution in [2.24, 2.45) is 5.73 Å². The van der Waals surface area contributed by atoms with Crippen LogP contribution < -0.4 is 11.1 Å². The Morgan fingerprint density at radius 1 is 1.48 bits per heavy atom. The first kappa shape index (κ1) is 17.8. The van der Waals surface area contributed by atoms with Gasteiger partial charge in [-0.25, -0.2) is 9.50 Å². The van der Waals surface area contributed by atoms with Crippen LogP contribution in [0, 0.1) is 0 Å². The van der Waals surface area contributed by atoms with E-state index in [0.29, 0.717) is 12.3 Å². The first-order chi connectivity index (χ1) is 9.53. The van der Waals surface area contributed by atoms with Gasteiger partial charge in [0.25, 0.3) is 11.7 Å². The molecule has 0 aliphatic rings. The molecule has 0 bridgehead atoms. The summed E-state index contributed by atoms with van der Waals surface area (Å²) < 4.78 is 2.22. The summed E-state index contributed by atoms with van der Waals surface area (Å²) in [5.41, 5.74) is 5.36. The van der Waals surface area contributed by atoms with Crippen LogP contribution in [-0.4, -0.2) is 37.6 Å². The SMILES string of the molecule is CCC(CC)(CN)NC(=O)c1nc2ncc(Br)cn2n1.Cl. The van der Waals surface area contributed by atoms with Gasteiger partial charge in [-0.1, -0.05) is 13.8 Å². The third kappa shape index (κ3) is 3.69. The third-order valence-corrected chi connectivity index (χ3v) is 3.90. The predicted molar refractivity (Wildman–Crippen MR) is 85.6 cm³/mol. The van der Waals surface area contributed by atoms with Crippen molar-refractivity contribution >= 4 is 40.0 Å². The summed E-state index contributed by atoms with van der Waals surface area (Å²) in [6.45, 7) is 4.36. The van der Waals surface area contributed by atoms with Gasteiger partial charge in [-0.15, -0.1) is 17.5 Å². The molecule has 3 N–H and O–H groups in total. The minimum Gasteiger partial charge on any atom is -0.343 e. The molecule has 2 aromatic heterocycles. The van der Waals surface area contributed by atoms with Crippen LogP contribution in [0.2, 0.25) is 0 Å². The van der Waals surface area contributed by atoms with Crippen LogP contribution in [-0.2, 0) is 0 Å². The number of carbonyl (C=O) groups excluding carboxylic acids is 1. The van der Waals surface area contributed by atoms with E-state index in [4.69, 9.17) is 5.73 Å². The highest BCUT2D eigenvalue weighted by molar-refractivity contribution is 9.10. The Labute approximate surface area is 137 Å². The number of aromatic nitrogens is 4. The quantitative estimate of drug-likeness (QED) is 0.824. The van der Waals surface area contributed by atoms with E-state index in [1.807, 2.05) is 13.8 Å². The van der Waals surface area contributed by atoms with Crippen LogP contribution in [0.4, 0.5) is 0 Å². The standard InChI is InChI=1S/C12H17BrN6O.ClH/c1-3-12(4-2,7-14)17-10(20)9-16-11-15-5-8(13)6-19(11)18-9;/h5-6H,3-4,7,14H2,1-2H3,(H,17,20);1H. The highest BCUT2D eigenvalue weighted by Gasteiger charge is 2.28. The molecule has 0 spiro atoms. The monoisotopic (exact) mass is 376 g/mol. The molecule has 0 fully saturated rings. The average Bonchev–Trinajstić information content (AvgIpc) is 2.88. The van der Waals surface area contributed by atoms with Gasteiger partial charge in [0.15, 0.2) is 0 Å². The number of amides is 1. The summed E-state index contributed by atoms with van der Waals surface area (Å²) in [7, 11) is 0. The number of nitrogens with one attached hydrogen (secondary N) is 1. The topological polar surface area (TPSA) is 98.2 Å². The van der Waals surface area contributed by atoms with Gasteiger partial charge in [-0.05, 0) is 28.8 Å². The number of hydrogen-bond donors (Lipinski definition) is 2. The van der Waals surface area contributed by atoms with Crippen LogP contribution in [0.15, 0.2) is 16.9 Å². The number of hydrogen-bond acceptors (Lipinski definition) is 5. The van der Waals surface area contributed by atoms with Crippen LogP contribution in [0.25, 0.3) is 5.78 Å². The van der Waals surface area contributed by atoms with E-state index in [1.54, 1.807) is 12.4 Å². The Morgan fingerprint density at radius 2 is 2.14 bits per heavy atom. The Hall–Kier alpha value is -1.25. The van der Waals surface area contributed by atoms with Crippen LogP contribution >= 0.6 is 28.3 Å². The van der Waals surface area contributed by atoms with Crippen molar-refractivity contribution in [3.8, 4) is 0 Å². The summed E-state index contributed by atoms with van der Waals surface area (Å²) in [5.74, 6) is 0.140. The Kier molecular flexibility index (Phi) is 6.06. The van der Waals surface area contributed by atoms with Gasteiger partial charge in [-0.2, -0.15) is 4.98 Å². The highest BCUT2D eigenvalue weighted by Crippen LogP contribution is 2.14. The normalized spacial score (nSPS) is 11.2. The van der Waals surface area contributed by atoms with Gasteiger partial charge < -0.3 is 11.1 Å². The van der Waals surface area contributed by atoms with Gasteiger partial charge in [0, 0.05) is 18.9 Å². The van der Waals surface area contributed by atoms with E-state index in [2.05, 4.69) is 36.3 Å². The number of nitrogens with two attached hydrogens (primary N) is 1. The summed E-state index contributed by atoms with van der Waals surface area (Å²) in [5, 5.41) is 7.05. The fraction of sp³-hybridized carbons (Fsp3) is 0.500. The maximum absolute atomic E-state index is 12.2. The second-order valence-corrected chi connectivity index (χ2v) is 5.51. The molecular formula is C12H18BrClN6O. The van der Waals surface area contributed by atoms with Gasteiger partial charge in [0.1, 0.15) is 0 Å². The van der Waals surface area contributed by atoms with Crippen molar-refractivity contribution in [1.29, 1.82) is 0 Å². The fourth-order valence-electron chi connectivity index (χ4n) is 1.92. The van der Waals surface area contributed by atoms with Gasteiger partial charge in [0.05, 0.1) is 10.0 Å². The minimum atomic E-state index is -0.414. The average molecular weight is 378 g/mol. The molecule has 2 heterocycles.